The summed E-state index contributed by atoms with van der Waals surface area (Å²) in [6.45, 7) is 1.67. The topological polar surface area (TPSA) is 76.0 Å². The second-order valence-corrected chi connectivity index (χ2v) is 3.95. The van der Waals surface area contributed by atoms with Gasteiger partial charge in [-0.3, -0.25) is 9.59 Å². The fourth-order valence-electron chi connectivity index (χ4n) is 1.22. The molecule has 5 nitrogen and oxygen atoms in total. The van der Waals surface area contributed by atoms with E-state index in [-0.39, 0.29) is 16.7 Å². The van der Waals surface area contributed by atoms with Gasteiger partial charge >= 0.3 is 0 Å². The number of carbonyl (C=O) groups is 1. The summed E-state index contributed by atoms with van der Waals surface area (Å²) in [5, 5.41) is 3.61. The molecule has 2 aromatic rings. The van der Waals surface area contributed by atoms with Crippen molar-refractivity contribution < 1.29 is 9.32 Å². The van der Waals surface area contributed by atoms with E-state index in [1.165, 1.54) is 18.5 Å². The average Bonchev–Trinajstić information content (AvgIpc) is 2.60. The quantitative estimate of drug-likeness (QED) is 0.850. The van der Waals surface area contributed by atoms with Gasteiger partial charge in [0.15, 0.2) is 11.1 Å². The zero-order valence-corrected chi connectivity index (χ0v) is 9.87. The number of pyridine rings is 1. The highest BCUT2D eigenvalue weighted by Gasteiger charge is 2.21. The molecular weight excluding hydrogens is 276 g/mol. The maximum absolute atomic E-state index is 11.9. The van der Waals surface area contributed by atoms with Crippen molar-refractivity contribution >= 4 is 21.7 Å². The molecule has 16 heavy (non-hydrogen) atoms. The van der Waals surface area contributed by atoms with Gasteiger partial charge in [0.2, 0.25) is 5.78 Å². The Hall–Kier alpha value is -1.69. The number of halogens is 1. The zero-order valence-electron chi connectivity index (χ0n) is 8.28. The van der Waals surface area contributed by atoms with Gasteiger partial charge in [0.1, 0.15) is 5.76 Å². The minimum atomic E-state index is -0.467. The number of aromatic amines is 1. The van der Waals surface area contributed by atoms with Gasteiger partial charge < -0.3 is 9.51 Å². The number of hydrogen-bond acceptors (Lipinski definition) is 4. The molecule has 0 aliphatic heterocycles. The van der Waals surface area contributed by atoms with Gasteiger partial charge in [0.05, 0.1) is 10.0 Å². The lowest BCUT2D eigenvalue weighted by Gasteiger charge is -1.95. The molecule has 0 atom stereocenters. The molecule has 0 aliphatic carbocycles. The molecule has 0 aliphatic rings. The first-order valence-corrected chi connectivity index (χ1v) is 5.24. The van der Waals surface area contributed by atoms with Gasteiger partial charge in [-0.2, -0.15) is 0 Å². The van der Waals surface area contributed by atoms with Gasteiger partial charge in [-0.05, 0) is 22.9 Å². The van der Waals surface area contributed by atoms with Crippen LogP contribution in [-0.2, 0) is 0 Å². The Morgan fingerprint density at radius 1 is 1.56 bits per heavy atom. The van der Waals surface area contributed by atoms with Gasteiger partial charge in [-0.15, -0.1) is 0 Å². The third kappa shape index (κ3) is 1.71. The highest BCUT2D eigenvalue weighted by atomic mass is 79.9. The van der Waals surface area contributed by atoms with E-state index in [0.717, 1.165) is 0 Å². The number of nitrogens with zero attached hydrogens (tertiary/aromatic N) is 1. The van der Waals surface area contributed by atoms with Crippen molar-refractivity contribution in [1.82, 2.24) is 10.1 Å². The minimum Gasteiger partial charge on any atom is -0.367 e. The first-order chi connectivity index (χ1) is 7.61. The molecule has 82 valence electrons. The van der Waals surface area contributed by atoms with Crippen LogP contribution in [0.2, 0.25) is 0 Å². The zero-order chi connectivity index (χ0) is 11.7. The van der Waals surface area contributed by atoms with Crippen LogP contribution < -0.4 is 5.43 Å². The summed E-state index contributed by atoms with van der Waals surface area (Å²) in [7, 11) is 0. The standard InChI is InChI=1S/C10H7BrN2O3/c1-5-8(11)9(13-16-5)10(15)6-4-12-3-2-7(6)14/h2-4H,1H3,(H,12,14). The maximum atomic E-state index is 11.9. The van der Waals surface area contributed by atoms with Crippen LogP contribution in [-0.4, -0.2) is 15.9 Å². The third-order valence-electron chi connectivity index (χ3n) is 2.07. The van der Waals surface area contributed by atoms with Crippen LogP contribution in [0.3, 0.4) is 0 Å². The summed E-state index contributed by atoms with van der Waals surface area (Å²) in [6.07, 6.45) is 2.81. The van der Waals surface area contributed by atoms with E-state index in [9.17, 15) is 9.59 Å². The van der Waals surface area contributed by atoms with Crippen molar-refractivity contribution in [3.63, 3.8) is 0 Å². The van der Waals surface area contributed by atoms with Crippen molar-refractivity contribution in [1.29, 1.82) is 0 Å². The first-order valence-electron chi connectivity index (χ1n) is 4.45. The van der Waals surface area contributed by atoms with E-state index in [4.69, 9.17) is 4.52 Å². The van der Waals surface area contributed by atoms with Crippen LogP contribution in [0.5, 0.6) is 0 Å². The molecule has 0 unspecified atom stereocenters. The van der Waals surface area contributed by atoms with E-state index >= 15 is 0 Å². The molecule has 0 amide bonds. The summed E-state index contributed by atoms with van der Waals surface area (Å²) in [6, 6.07) is 1.29. The van der Waals surface area contributed by atoms with E-state index in [0.29, 0.717) is 10.2 Å². The summed E-state index contributed by atoms with van der Waals surface area (Å²) in [5.41, 5.74) is -0.206. The predicted molar refractivity (Wildman–Crippen MR) is 59.4 cm³/mol. The monoisotopic (exact) mass is 282 g/mol. The summed E-state index contributed by atoms with van der Waals surface area (Å²) in [4.78, 5) is 26.1. The van der Waals surface area contributed by atoms with Crippen LogP contribution >= 0.6 is 15.9 Å². The Morgan fingerprint density at radius 3 is 2.88 bits per heavy atom. The molecule has 0 fully saturated rings. The molecule has 6 heteroatoms. The Bertz CT molecular complexity index is 600. The van der Waals surface area contributed by atoms with Crippen molar-refractivity contribution in [2.45, 2.75) is 6.92 Å². The molecule has 0 bridgehead atoms. The van der Waals surface area contributed by atoms with E-state index in [1.54, 1.807) is 6.92 Å². The van der Waals surface area contributed by atoms with E-state index < -0.39 is 5.78 Å². The number of nitrogens with one attached hydrogen (secondary N) is 1. The largest absolute Gasteiger partial charge is 0.367 e. The molecule has 0 saturated heterocycles. The van der Waals surface area contributed by atoms with Crippen molar-refractivity contribution in [2.75, 3.05) is 0 Å². The van der Waals surface area contributed by atoms with Crippen LogP contribution in [0.4, 0.5) is 0 Å². The summed E-state index contributed by atoms with van der Waals surface area (Å²) >= 11 is 3.18. The molecule has 2 rings (SSSR count). The van der Waals surface area contributed by atoms with Gasteiger partial charge in [-0.25, -0.2) is 0 Å². The van der Waals surface area contributed by atoms with E-state index in [1.807, 2.05) is 0 Å². The fraction of sp³-hybridized carbons (Fsp3) is 0.100. The number of ketones is 1. The molecule has 0 saturated carbocycles. The molecule has 1 N–H and O–H groups in total. The maximum Gasteiger partial charge on any atom is 0.221 e. The number of carbonyl (C=O) groups excluding carboxylic acids is 1. The minimum absolute atomic E-state index is 0.0384. The SMILES string of the molecule is Cc1onc(C(=O)c2c[nH]ccc2=O)c1Br. The molecule has 0 radical (unpaired) electrons. The van der Waals surface area contributed by atoms with Crippen LogP contribution in [0, 0.1) is 6.92 Å². The fourth-order valence-corrected chi connectivity index (χ4v) is 1.55. The highest BCUT2D eigenvalue weighted by molar-refractivity contribution is 9.10. The Balaban J connectivity index is 2.52. The Morgan fingerprint density at radius 2 is 2.31 bits per heavy atom. The van der Waals surface area contributed by atoms with Crippen LogP contribution in [0.1, 0.15) is 21.8 Å². The normalized spacial score (nSPS) is 10.4. The van der Waals surface area contributed by atoms with Crippen molar-refractivity contribution in [3.8, 4) is 0 Å². The molecule has 2 heterocycles. The van der Waals surface area contributed by atoms with Crippen LogP contribution in [0.15, 0.2) is 32.3 Å². The van der Waals surface area contributed by atoms with E-state index in [2.05, 4.69) is 26.1 Å². The van der Waals surface area contributed by atoms with Gasteiger partial charge in [0.25, 0.3) is 0 Å². The molecule has 0 spiro atoms. The molecular formula is C10H7BrN2O3. The summed E-state index contributed by atoms with van der Waals surface area (Å²) in [5.74, 6) is 0.0290. The van der Waals surface area contributed by atoms with Gasteiger partial charge in [0, 0.05) is 18.5 Å². The predicted octanol–water partition coefficient (Wildman–Crippen LogP) is 1.66. The lowest BCUT2D eigenvalue weighted by atomic mass is 10.1. The van der Waals surface area contributed by atoms with Crippen molar-refractivity contribution in [2.24, 2.45) is 0 Å². The Kier molecular flexibility index (Phi) is 2.74. The van der Waals surface area contributed by atoms with Crippen LogP contribution in [0.25, 0.3) is 0 Å². The van der Waals surface area contributed by atoms with Gasteiger partial charge in [-0.1, -0.05) is 5.16 Å². The molecule has 2 aromatic heterocycles. The van der Waals surface area contributed by atoms with Crippen molar-refractivity contribution in [3.05, 3.63) is 50.2 Å². The second-order valence-electron chi connectivity index (χ2n) is 3.15. The third-order valence-corrected chi connectivity index (χ3v) is 3.01. The Labute approximate surface area is 98.6 Å². The lowest BCUT2D eigenvalue weighted by molar-refractivity contribution is 0.102. The highest BCUT2D eigenvalue weighted by Crippen LogP contribution is 2.21. The number of H-pyrrole nitrogens is 1. The number of aryl methyl sites for hydroxylation is 1. The first kappa shape index (κ1) is 10.8. The second kappa shape index (κ2) is 4.05. The number of hydrogen-bond donors (Lipinski definition) is 1. The summed E-state index contributed by atoms with van der Waals surface area (Å²) < 4.78 is 5.32. The number of rotatable bonds is 2. The smallest absolute Gasteiger partial charge is 0.221 e. The lowest BCUT2D eigenvalue weighted by Crippen LogP contribution is -2.15. The number of aromatic nitrogens is 2. The average molecular weight is 283 g/mol. The molecule has 0 aromatic carbocycles.